The Kier molecular flexibility index (Phi) is 2.92. The molecule has 88 valence electrons. The van der Waals surface area contributed by atoms with Gasteiger partial charge in [0.2, 0.25) is 10.9 Å². The molecule has 0 fully saturated rings. The third-order valence-electron chi connectivity index (χ3n) is 2.16. The summed E-state index contributed by atoms with van der Waals surface area (Å²) in [5.74, 6) is -0.823. The quantitative estimate of drug-likeness (QED) is 0.588. The maximum Gasteiger partial charge on any atom is 0.258 e. The molecule has 0 spiro atoms. The number of amides is 2. The highest BCUT2D eigenvalue weighted by Gasteiger charge is 2.24. The van der Waals surface area contributed by atoms with E-state index in [0.717, 1.165) is 4.90 Å². The van der Waals surface area contributed by atoms with E-state index in [1.165, 1.54) is 36.4 Å². The molecule has 6 nitrogen and oxygen atoms in total. The minimum Gasteiger partial charge on any atom is -0.286 e. The highest BCUT2D eigenvalue weighted by molar-refractivity contribution is 7.73. The Balaban J connectivity index is 2.24. The van der Waals surface area contributed by atoms with E-state index in [2.05, 4.69) is 4.72 Å². The van der Waals surface area contributed by atoms with Gasteiger partial charge in [-0.2, -0.15) is 0 Å². The van der Waals surface area contributed by atoms with Crippen LogP contribution >= 0.6 is 0 Å². The van der Waals surface area contributed by atoms with Gasteiger partial charge >= 0.3 is 0 Å². The van der Waals surface area contributed by atoms with Crippen molar-refractivity contribution in [2.45, 2.75) is 0 Å². The second kappa shape index (κ2) is 4.38. The summed E-state index contributed by atoms with van der Waals surface area (Å²) in [6.07, 6.45) is 2.37. The van der Waals surface area contributed by atoms with Crippen LogP contribution in [-0.2, 0) is 20.5 Å². The molecule has 0 radical (unpaired) electrons. The molecule has 0 bridgehead atoms. The SMILES string of the molecule is O=C1C=CC(=O)N1c1ccc(N[SH](=O)=O)cc1. The number of rotatable bonds is 3. The zero-order valence-electron chi connectivity index (χ0n) is 8.49. The van der Waals surface area contributed by atoms with Gasteiger partial charge in [-0.25, -0.2) is 13.3 Å². The molecule has 17 heavy (non-hydrogen) atoms. The zero-order valence-corrected chi connectivity index (χ0v) is 9.39. The lowest BCUT2D eigenvalue weighted by Gasteiger charge is -2.13. The molecule has 0 aromatic heterocycles. The fourth-order valence-corrected chi connectivity index (χ4v) is 1.81. The average Bonchev–Trinajstić information content (AvgIpc) is 2.59. The maximum atomic E-state index is 11.4. The number of hydrogen-bond donors (Lipinski definition) is 2. The Bertz CT molecular complexity index is 548. The van der Waals surface area contributed by atoms with E-state index in [0.29, 0.717) is 11.4 Å². The third-order valence-corrected chi connectivity index (χ3v) is 2.60. The number of hydrogen-bond acceptors (Lipinski definition) is 4. The van der Waals surface area contributed by atoms with Crippen LogP contribution in [0, 0.1) is 0 Å². The van der Waals surface area contributed by atoms with Crippen LogP contribution < -0.4 is 9.62 Å². The Morgan fingerprint density at radius 2 is 1.47 bits per heavy atom. The minimum absolute atomic E-state index is 0.372. The lowest BCUT2D eigenvalue weighted by atomic mass is 10.2. The second-order valence-corrected chi connectivity index (χ2v) is 4.00. The molecule has 2 rings (SSSR count). The lowest BCUT2D eigenvalue weighted by molar-refractivity contribution is -0.119. The van der Waals surface area contributed by atoms with Gasteiger partial charge in [0.05, 0.1) is 5.69 Å². The molecule has 1 heterocycles. The topological polar surface area (TPSA) is 83.6 Å². The summed E-state index contributed by atoms with van der Waals surface area (Å²) in [7, 11) is -2.72. The molecule has 1 aliphatic rings. The van der Waals surface area contributed by atoms with Crippen LogP contribution in [0.15, 0.2) is 36.4 Å². The number of thiol groups is 1. The molecule has 1 N–H and O–H groups in total. The smallest absolute Gasteiger partial charge is 0.258 e. The molecule has 0 atom stereocenters. The maximum absolute atomic E-state index is 11.4. The average molecular weight is 252 g/mol. The van der Waals surface area contributed by atoms with Crippen molar-refractivity contribution in [3.05, 3.63) is 36.4 Å². The summed E-state index contributed by atoms with van der Waals surface area (Å²) in [6.45, 7) is 0. The molecular weight excluding hydrogens is 244 g/mol. The van der Waals surface area contributed by atoms with Gasteiger partial charge in [-0.1, -0.05) is 0 Å². The first kappa shape index (κ1) is 11.3. The minimum atomic E-state index is -2.72. The van der Waals surface area contributed by atoms with Gasteiger partial charge in [-0.15, -0.1) is 0 Å². The normalized spacial score (nSPS) is 14.8. The van der Waals surface area contributed by atoms with Gasteiger partial charge in [0.25, 0.3) is 11.8 Å². The van der Waals surface area contributed by atoms with Crippen LogP contribution in [0.2, 0.25) is 0 Å². The van der Waals surface area contributed by atoms with Crippen molar-refractivity contribution in [2.24, 2.45) is 0 Å². The first-order valence-corrected chi connectivity index (χ1v) is 5.83. The van der Waals surface area contributed by atoms with Crippen LogP contribution in [0.25, 0.3) is 0 Å². The van der Waals surface area contributed by atoms with Crippen LogP contribution in [0.3, 0.4) is 0 Å². The predicted octanol–water partition coefficient (Wildman–Crippen LogP) is 0.0543. The molecule has 2 amide bonds. The zero-order chi connectivity index (χ0) is 12.4. The Hall–Kier alpha value is -2.15. The van der Waals surface area contributed by atoms with Crippen molar-refractivity contribution in [2.75, 3.05) is 9.62 Å². The van der Waals surface area contributed by atoms with Crippen molar-refractivity contribution < 1.29 is 18.0 Å². The summed E-state index contributed by atoms with van der Waals surface area (Å²) >= 11 is 0. The Morgan fingerprint density at radius 1 is 0.941 bits per heavy atom. The summed E-state index contributed by atoms with van der Waals surface area (Å²) in [5.41, 5.74) is 0.772. The van der Waals surface area contributed by atoms with E-state index in [1.807, 2.05) is 0 Å². The number of carbonyl (C=O) groups excluding carboxylic acids is 2. The van der Waals surface area contributed by atoms with Crippen LogP contribution in [-0.4, -0.2) is 20.2 Å². The highest BCUT2D eigenvalue weighted by Crippen LogP contribution is 2.21. The van der Waals surface area contributed by atoms with Crippen LogP contribution in [0.4, 0.5) is 11.4 Å². The Morgan fingerprint density at radius 3 is 1.94 bits per heavy atom. The number of anilines is 2. The standard InChI is InChI=1S/C10H8N2O4S/c13-9-5-6-10(14)12(9)8-3-1-7(2-4-8)11-17(15)16/h1-6,17H,(H,11,15,16). The van der Waals surface area contributed by atoms with E-state index in [-0.39, 0.29) is 0 Å². The highest BCUT2D eigenvalue weighted by atomic mass is 32.2. The summed E-state index contributed by atoms with van der Waals surface area (Å²) in [5, 5.41) is 0. The van der Waals surface area contributed by atoms with Crippen molar-refractivity contribution >= 4 is 34.1 Å². The number of nitrogens with zero attached hydrogens (tertiary/aromatic N) is 1. The van der Waals surface area contributed by atoms with E-state index < -0.39 is 22.7 Å². The van der Waals surface area contributed by atoms with E-state index in [9.17, 15) is 18.0 Å². The van der Waals surface area contributed by atoms with Gasteiger partial charge in [0, 0.05) is 17.8 Å². The molecule has 0 saturated heterocycles. The largest absolute Gasteiger partial charge is 0.286 e. The Labute approximate surface area is 98.6 Å². The van der Waals surface area contributed by atoms with E-state index >= 15 is 0 Å². The van der Waals surface area contributed by atoms with Crippen LogP contribution in [0.1, 0.15) is 0 Å². The third kappa shape index (κ3) is 2.34. The number of benzene rings is 1. The lowest BCUT2D eigenvalue weighted by Crippen LogP contribution is -2.29. The molecule has 0 unspecified atom stereocenters. The molecule has 1 aliphatic heterocycles. The number of nitrogens with one attached hydrogen (secondary N) is 1. The number of imide groups is 1. The van der Waals surface area contributed by atoms with Gasteiger partial charge < -0.3 is 0 Å². The fraction of sp³-hybridized carbons (Fsp3) is 0. The molecule has 0 saturated carbocycles. The van der Waals surface area contributed by atoms with Crippen molar-refractivity contribution in [3.63, 3.8) is 0 Å². The number of carbonyl (C=O) groups is 2. The van der Waals surface area contributed by atoms with E-state index in [4.69, 9.17) is 0 Å². The van der Waals surface area contributed by atoms with Crippen LogP contribution in [0.5, 0.6) is 0 Å². The van der Waals surface area contributed by atoms with Gasteiger partial charge in [-0.05, 0) is 24.3 Å². The van der Waals surface area contributed by atoms with E-state index in [1.54, 1.807) is 0 Å². The molecular formula is C10H8N2O4S. The van der Waals surface area contributed by atoms with Crippen molar-refractivity contribution in [1.82, 2.24) is 0 Å². The first-order chi connectivity index (χ1) is 8.08. The molecule has 1 aromatic rings. The predicted molar refractivity (Wildman–Crippen MR) is 62.0 cm³/mol. The van der Waals surface area contributed by atoms with Gasteiger partial charge in [0.1, 0.15) is 0 Å². The molecule has 0 aliphatic carbocycles. The van der Waals surface area contributed by atoms with Crippen molar-refractivity contribution in [3.8, 4) is 0 Å². The van der Waals surface area contributed by atoms with Gasteiger partial charge in [-0.3, -0.25) is 14.3 Å². The monoisotopic (exact) mass is 252 g/mol. The van der Waals surface area contributed by atoms with Crippen molar-refractivity contribution in [1.29, 1.82) is 0 Å². The van der Waals surface area contributed by atoms with Gasteiger partial charge in [0.15, 0.2) is 0 Å². The fourth-order valence-electron chi connectivity index (χ4n) is 1.45. The summed E-state index contributed by atoms with van der Waals surface area (Å²) in [4.78, 5) is 23.7. The first-order valence-electron chi connectivity index (χ1n) is 4.65. The molecule has 7 heteroatoms. The molecule has 1 aromatic carbocycles. The summed E-state index contributed by atoms with van der Waals surface area (Å²) in [6, 6.07) is 5.92. The summed E-state index contributed by atoms with van der Waals surface area (Å²) < 4.78 is 23.0. The second-order valence-electron chi connectivity index (χ2n) is 3.26.